The molecule has 0 saturated carbocycles. The van der Waals surface area contributed by atoms with E-state index < -0.39 is 6.61 Å². The number of carbonyl (C=O) groups excluding carboxylic acids is 1. The van der Waals surface area contributed by atoms with Crippen molar-refractivity contribution in [2.75, 3.05) is 0 Å². The molecule has 0 bridgehead atoms. The number of rotatable bonds is 6. The van der Waals surface area contributed by atoms with Crippen LogP contribution in [0.1, 0.15) is 15.9 Å². The highest BCUT2D eigenvalue weighted by Gasteiger charge is 2.04. The van der Waals surface area contributed by atoms with Gasteiger partial charge in [0.05, 0.1) is 0 Å². The van der Waals surface area contributed by atoms with Crippen molar-refractivity contribution in [3.63, 3.8) is 0 Å². The lowest BCUT2D eigenvalue weighted by Gasteiger charge is -2.04. The first-order valence-corrected chi connectivity index (χ1v) is 8.04. The van der Waals surface area contributed by atoms with E-state index in [2.05, 4.69) is 4.74 Å². The third-order valence-corrected chi connectivity index (χ3v) is 3.81. The number of carbonyl (C=O) groups is 1. The van der Waals surface area contributed by atoms with Gasteiger partial charge in [-0.15, -0.1) is 0 Å². The van der Waals surface area contributed by atoms with Crippen molar-refractivity contribution >= 4 is 11.9 Å². The van der Waals surface area contributed by atoms with E-state index in [0.29, 0.717) is 5.56 Å². The minimum atomic E-state index is -2.85. The lowest BCUT2D eigenvalue weighted by atomic mass is 10.0. The predicted molar refractivity (Wildman–Crippen MR) is 98.3 cm³/mol. The van der Waals surface area contributed by atoms with Crippen LogP contribution >= 0.6 is 0 Å². The standard InChI is InChI=1S/C22H16F2O2/c23-22(24)26-20-13-6-16(7-14-20)8-15-21(25)19-11-9-18(10-12-19)17-4-2-1-3-5-17/h1-15,22H. The summed E-state index contributed by atoms with van der Waals surface area (Å²) in [4.78, 5) is 12.3. The lowest BCUT2D eigenvalue weighted by molar-refractivity contribution is -0.0498. The largest absolute Gasteiger partial charge is 0.435 e. The molecular weight excluding hydrogens is 334 g/mol. The lowest BCUT2D eigenvalue weighted by Crippen LogP contribution is -2.01. The van der Waals surface area contributed by atoms with Gasteiger partial charge in [-0.25, -0.2) is 0 Å². The van der Waals surface area contributed by atoms with E-state index in [-0.39, 0.29) is 11.5 Å². The summed E-state index contributed by atoms with van der Waals surface area (Å²) in [5.74, 6) is -0.0440. The summed E-state index contributed by atoms with van der Waals surface area (Å²) < 4.78 is 28.5. The van der Waals surface area contributed by atoms with Gasteiger partial charge in [0, 0.05) is 5.56 Å². The fourth-order valence-electron chi connectivity index (χ4n) is 2.49. The van der Waals surface area contributed by atoms with Gasteiger partial charge in [-0.05, 0) is 34.9 Å². The molecule has 0 unspecified atom stereocenters. The molecule has 0 amide bonds. The molecule has 3 aromatic rings. The van der Waals surface area contributed by atoms with Crippen LogP contribution in [0.15, 0.2) is 84.9 Å². The first-order valence-electron chi connectivity index (χ1n) is 8.04. The maximum atomic E-state index is 12.3. The summed E-state index contributed by atoms with van der Waals surface area (Å²) in [5.41, 5.74) is 3.44. The van der Waals surface area contributed by atoms with E-state index in [9.17, 15) is 13.6 Å². The Hall–Kier alpha value is -3.27. The maximum Gasteiger partial charge on any atom is 0.387 e. The van der Waals surface area contributed by atoms with Crippen LogP contribution < -0.4 is 4.74 Å². The molecule has 0 heterocycles. The van der Waals surface area contributed by atoms with Crippen molar-refractivity contribution in [3.05, 3.63) is 96.1 Å². The van der Waals surface area contributed by atoms with Crippen LogP contribution in [0.5, 0.6) is 5.75 Å². The summed E-state index contributed by atoms with van der Waals surface area (Å²) in [6.45, 7) is -2.85. The summed E-state index contributed by atoms with van der Waals surface area (Å²) in [6, 6.07) is 23.4. The highest BCUT2D eigenvalue weighted by atomic mass is 19.3. The quantitative estimate of drug-likeness (QED) is 0.412. The molecule has 0 atom stereocenters. The molecule has 2 nitrogen and oxygen atoms in total. The minimum Gasteiger partial charge on any atom is -0.435 e. The van der Waals surface area contributed by atoms with Crippen LogP contribution in [0.25, 0.3) is 17.2 Å². The second-order valence-corrected chi connectivity index (χ2v) is 5.59. The molecule has 0 aliphatic rings. The van der Waals surface area contributed by atoms with Gasteiger partial charge in [-0.3, -0.25) is 4.79 Å². The number of allylic oxidation sites excluding steroid dienone is 1. The van der Waals surface area contributed by atoms with Crippen molar-refractivity contribution in [1.82, 2.24) is 0 Å². The second kappa shape index (κ2) is 8.21. The van der Waals surface area contributed by atoms with Gasteiger partial charge in [0.2, 0.25) is 0 Å². The van der Waals surface area contributed by atoms with Crippen LogP contribution in [0.2, 0.25) is 0 Å². The zero-order valence-corrected chi connectivity index (χ0v) is 13.8. The molecule has 3 rings (SSSR count). The normalized spacial score (nSPS) is 11.0. The van der Waals surface area contributed by atoms with E-state index in [1.54, 1.807) is 30.3 Å². The number of ether oxygens (including phenoxy) is 1. The van der Waals surface area contributed by atoms with E-state index in [1.165, 1.54) is 18.2 Å². The van der Waals surface area contributed by atoms with E-state index in [0.717, 1.165) is 16.7 Å². The van der Waals surface area contributed by atoms with Gasteiger partial charge in [-0.2, -0.15) is 8.78 Å². The SMILES string of the molecule is O=C(C=Cc1ccc(OC(F)F)cc1)c1ccc(-c2ccccc2)cc1. The summed E-state index contributed by atoms with van der Waals surface area (Å²) >= 11 is 0. The van der Waals surface area contributed by atoms with Gasteiger partial charge in [0.15, 0.2) is 5.78 Å². The molecule has 3 aromatic carbocycles. The molecule has 0 spiro atoms. The molecule has 0 aromatic heterocycles. The predicted octanol–water partition coefficient (Wildman–Crippen LogP) is 5.85. The molecular formula is C22H16F2O2. The van der Waals surface area contributed by atoms with Gasteiger partial charge < -0.3 is 4.74 Å². The first-order chi connectivity index (χ1) is 12.6. The summed E-state index contributed by atoms with van der Waals surface area (Å²) in [7, 11) is 0. The highest BCUT2D eigenvalue weighted by Crippen LogP contribution is 2.20. The molecule has 0 aliphatic heterocycles. The van der Waals surface area contributed by atoms with E-state index in [1.807, 2.05) is 42.5 Å². The van der Waals surface area contributed by atoms with Gasteiger partial charge in [0.25, 0.3) is 0 Å². The number of alkyl halides is 2. The fraction of sp³-hybridized carbons (Fsp3) is 0.0455. The Morgan fingerprint density at radius 1 is 0.808 bits per heavy atom. The number of halogens is 2. The van der Waals surface area contributed by atoms with Crippen LogP contribution in [-0.2, 0) is 0 Å². The number of hydrogen-bond acceptors (Lipinski definition) is 2. The van der Waals surface area contributed by atoms with Crippen LogP contribution in [0.4, 0.5) is 8.78 Å². The van der Waals surface area contributed by atoms with Crippen molar-refractivity contribution in [1.29, 1.82) is 0 Å². The zero-order valence-electron chi connectivity index (χ0n) is 13.8. The first kappa shape index (κ1) is 17.5. The van der Waals surface area contributed by atoms with Crippen molar-refractivity contribution in [2.24, 2.45) is 0 Å². The topological polar surface area (TPSA) is 26.3 Å². The Balaban J connectivity index is 1.67. The van der Waals surface area contributed by atoms with Crippen molar-refractivity contribution < 1.29 is 18.3 Å². The zero-order chi connectivity index (χ0) is 18.4. The maximum absolute atomic E-state index is 12.3. The Labute approximate surface area is 150 Å². The Kier molecular flexibility index (Phi) is 5.54. The van der Waals surface area contributed by atoms with Gasteiger partial charge in [0.1, 0.15) is 5.75 Å². The molecule has 0 saturated heterocycles. The third kappa shape index (κ3) is 4.63. The molecule has 0 N–H and O–H groups in total. The minimum absolute atomic E-state index is 0.0833. The molecule has 130 valence electrons. The number of hydrogen-bond donors (Lipinski definition) is 0. The summed E-state index contributed by atoms with van der Waals surface area (Å²) in [5, 5.41) is 0. The van der Waals surface area contributed by atoms with Gasteiger partial charge >= 0.3 is 6.61 Å². The van der Waals surface area contributed by atoms with E-state index >= 15 is 0 Å². The van der Waals surface area contributed by atoms with Crippen LogP contribution in [0.3, 0.4) is 0 Å². The average Bonchev–Trinajstić information content (AvgIpc) is 2.67. The molecule has 4 heteroatoms. The number of ketones is 1. The molecule has 0 aliphatic carbocycles. The third-order valence-electron chi connectivity index (χ3n) is 3.81. The van der Waals surface area contributed by atoms with Crippen LogP contribution in [-0.4, -0.2) is 12.4 Å². The number of benzene rings is 3. The van der Waals surface area contributed by atoms with E-state index in [4.69, 9.17) is 0 Å². The smallest absolute Gasteiger partial charge is 0.387 e. The molecule has 26 heavy (non-hydrogen) atoms. The molecule has 0 radical (unpaired) electrons. The fourth-order valence-corrected chi connectivity index (χ4v) is 2.49. The Morgan fingerprint density at radius 2 is 1.42 bits per heavy atom. The Bertz CT molecular complexity index is 884. The average molecular weight is 350 g/mol. The van der Waals surface area contributed by atoms with Crippen LogP contribution in [0, 0.1) is 0 Å². The van der Waals surface area contributed by atoms with Crippen molar-refractivity contribution in [2.45, 2.75) is 6.61 Å². The monoisotopic (exact) mass is 350 g/mol. The summed E-state index contributed by atoms with van der Waals surface area (Å²) in [6.07, 6.45) is 3.10. The van der Waals surface area contributed by atoms with Crippen molar-refractivity contribution in [3.8, 4) is 16.9 Å². The second-order valence-electron chi connectivity index (χ2n) is 5.59. The van der Waals surface area contributed by atoms with Gasteiger partial charge in [-0.1, -0.05) is 72.8 Å². The molecule has 0 fully saturated rings. The highest BCUT2D eigenvalue weighted by molar-refractivity contribution is 6.07. The Morgan fingerprint density at radius 3 is 2.04 bits per heavy atom.